The molecule has 0 saturated heterocycles. The fourth-order valence-electron chi connectivity index (χ4n) is 2.11. The van der Waals surface area contributed by atoms with Crippen molar-refractivity contribution in [3.05, 3.63) is 11.4 Å². The standard InChI is InChI=1S/C10H14N4/c1-8-10(6-7-11)12-13-14(8)9-4-2-3-5-9/h9H,2-6H2,1H3. The highest BCUT2D eigenvalue weighted by atomic mass is 15.4. The van der Waals surface area contributed by atoms with Crippen LogP contribution in [0.1, 0.15) is 43.1 Å². The lowest BCUT2D eigenvalue weighted by Crippen LogP contribution is -2.08. The predicted octanol–water partition coefficient (Wildman–Crippen LogP) is 1.77. The second-order valence-electron chi connectivity index (χ2n) is 3.84. The smallest absolute Gasteiger partial charge is 0.0996 e. The van der Waals surface area contributed by atoms with Crippen LogP contribution < -0.4 is 0 Å². The summed E-state index contributed by atoms with van der Waals surface area (Å²) in [6.45, 7) is 2.00. The molecule has 1 fully saturated rings. The molecule has 2 rings (SSSR count). The summed E-state index contributed by atoms with van der Waals surface area (Å²) >= 11 is 0. The first-order chi connectivity index (χ1) is 6.83. The first kappa shape index (κ1) is 9.20. The van der Waals surface area contributed by atoms with Crippen molar-refractivity contribution in [2.45, 2.75) is 45.1 Å². The van der Waals surface area contributed by atoms with Crippen LogP contribution in [0.4, 0.5) is 0 Å². The minimum Gasteiger partial charge on any atom is -0.246 e. The lowest BCUT2D eigenvalue weighted by atomic mass is 10.2. The van der Waals surface area contributed by atoms with E-state index in [9.17, 15) is 0 Å². The van der Waals surface area contributed by atoms with Crippen LogP contribution in [0, 0.1) is 18.3 Å². The Balaban J connectivity index is 2.22. The molecule has 0 N–H and O–H groups in total. The maximum absolute atomic E-state index is 8.59. The molecule has 1 heterocycles. The second kappa shape index (κ2) is 3.79. The number of rotatable bonds is 2. The van der Waals surface area contributed by atoms with E-state index in [1.165, 1.54) is 25.7 Å². The molecule has 1 aliphatic carbocycles. The van der Waals surface area contributed by atoms with Gasteiger partial charge in [0.15, 0.2) is 0 Å². The highest BCUT2D eigenvalue weighted by Crippen LogP contribution is 2.29. The van der Waals surface area contributed by atoms with Gasteiger partial charge in [0.25, 0.3) is 0 Å². The first-order valence-corrected chi connectivity index (χ1v) is 5.10. The van der Waals surface area contributed by atoms with Crippen LogP contribution in [0.25, 0.3) is 0 Å². The van der Waals surface area contributed by atoms with Gasteiger partial charge in [0, 0.05) is 0 Å². The topological polar surface area (TPSA) is 54.5 Å². The quantitative estimate of drug-likeness (QED) is 0.714. The summed E-state index contributed by atoms with van der Waals surface area (Å²) in [6.07, 6.45) is 5.36. The maximum atomic E-state index is 8.59. The Bertz CT molecular complexity index is 355. The largest absolute Gasteiger partial charge is 0.246 e. The molecule has 74 valence electrons. The first-order valence-electron chi connectivity index (χ1n) is 5.10. The van der Waals surface area contributed by atoms with Gasteiger partial charge in [0.1, 0.15) is 0 Å². The number of nitriles is 1. The minimum atomic E-state index is 0.374. The summed E-state index contributed by atoms with van der Waals surface area (Å²) < 4.78 is 2.00. The summed E-state index contributed by atoms with van der Waals surface area (Å²) in [4.78, 5) is 0. The lowest BCUT2D eigenvalue weighted by molar-refractivity contribution is 0.444. The average Bonchev–Trinajstić information content (AvgIpc) is 2.77. The molecular formula is C10H14N4. The number of nitrogens with zero attached hydrogens (tertiary/aromatic N) is 4. The molecule has 4 heteroatoms. The van der Waals surface area contributed by atoms with E-state index in [0.29, 0.717) is 12.5 Å². The predicted molar refractivity (Wildman–Crippen MR) is 51.6 cm³/mol. The van der Waals surface area contributed by atoms with Crippen LogP contribution in [0.15, 0.2) is 0 Å². The van der Waals surface area contributed by atoms with E-state index in [4.69, 9.17) is 5.26 Å². The van der Waals surface area contributed by atoms with Crippen LogP contribution in [0.2, 0.25) is 0 Å². The zero-order valence-corrected chi connectivity index (χ0v) is 8.40. The van der Waals surface area contributed by atoms with Gasteiger partial charge < -0.3 is 0 Å². The van der Waals surface area contributed by atoms with Gasteiger partial charge in [0.2, 0.25) is 0 Å². The van der Waals surface area contributed by atoms with Crippen LogP contribution in [0.3, 0.4) is 0 Å². The summed E-state index contributed by atoms with van der Waals surface area (Å²) in [6, 6.07) is 2.64. The van der Waals surface area contributed by atoms with Crippen molar-refractivity contribution in [3.8, 4) is 6.07 Å². The Kier molecular flexibility index (Phi) is 2.49. The van der Waals surface area contributed by atoms with Crippen LogP contribution in [0.5, 0.6) is 0 Å². The number of hydrogen-bond donors (Lipinski definition) is 0. The average molecular weight is 190 g/mol. The van der Waals surface area contributed by atoms with E-state index in [1.807, 2.05) is 11.6 Å². The highest BCUT2D eigenvalue weighted by Gasteiger charge is 2.20. The van der Waals surface area contributed by atoms with Crippen molar-refractivity contribution in [1.29, 1.82) is 5.26 Å². The van der Waals surface area contributed by atoms with Crippen LogP contribution >= 0.6 is 0 Å². The maximum Gasteiger partial charge on any atom is 0.0996 e. The van der Waals surface area contributed by atoms with Crippen molar-refractivity contribution >= 4 is 0 Å². The molecule has 0 aromatic carbocycles. The molecule has 1 aromatic heterocycles. The van der Waals surface area contributed by atoms with Gasteiger partial charge in [-0.3, -0.25) is 0 Å². The Labute approximate surface area is 83.5 Å². The van der Waals surface area contributed by atoms with Gasteiger partial charge in [-0.2, -0.15) is 5.26 Å². The lowest BCUT2D eigenvalue weighted by Gasteiger charge is -2.10. The molecule has 0 spiro atoms. The van der Waals surface area contributed by atoms with E-state index in [-0.39, 0.29) is 0 Å². The van der Waals surface area contributed by atoms with Crippen LogP contribution in [-0.4, -0.2) is 15.0 Å². The zero-order chi connectivity index (χ0) is 9.97. The monoisotopic (exact) mass is 190 g/mol. The molecular weight excluding hydrogens is 176 g/mol. The van der Waals surface area contributed by atoms with Crippen molar-refractivity contribution in [3.63, 3.8) is 0 Å². The number of hydrogen-bond acceptors (Lipinski definition) is 3. The molecule has 0 bridgehead atoms. The summed E-state index contributed by atoms with van der Waals surface area (Å²) in [5.74, 6) is 0. The summed E-state index contributed by atoms with van der Waals surface area (Å²) in [5, 5.41) is 16.8. The van der Waals surface area contributed by atoms with E-state index >= 15 is 0 Å². The Morgan fingerprint density at radius 1 is 1.50 bits per heavy atom. The van der Waals surface area contributed by atoms with Gasteiger partial charge >= 0.3 is 0 Å². The molecule has 14 heavy (non-hydrogen) atoms. The second-order valence-corrected chi connectivity index (χ2v) is 3.84. The highest BCUT2D eigenvalue weighted by molar-refractivity contribution is 5.13. The third-order valence-corrected chi connectivity index (χ3v) is 2.94. The Morgan fingerprint density at radius 3 is 2.86 bits per heavy atom. The van der Waals surface area contributed by atoms with E-state index in [1.54, 1.807) is 0 Å². The van der Waals surface area contributed by atoms with Gasteiger partial charge in [-0.25, -0.2) is 4.68 Å². The van der Waals surface area contributed by atoms with E-state index in [2.05, 4.69) is 16.4 Å². The van der Waals surface area contributed by atoms with Gasteiger partial charge in [-0.1, -0.05) is 18.1 Å². The van der Waals surface area contributed by atoms with Gasteiger partial charge in [-0.15, -0.1) is 5.10 Å². The molecule has 0 amide bonds. The molecule has 0 unspecified atom stereocenters. The zero-order valence-electron chi connectivity index (χ0n) is 8.40. The van der Waals surface area contributed by atoms with Gasteiger partial charge in [0.05, 0.1) is 29.9 Å². The van der Waals surface area contributed by atoms with Crippen molar-refractivity contribution in [2.75, 3.05) is 0 Å². The molecule has 0 aliphatic heterocycles. The van der Waals surface area contributed by atoms with E-state index < -0.39 is 0 Å². The van der Waals surface area contributed by atoms with Gasteiger partial charge in [-0.05, 0) is 19.8 Å². The van der Waals surface area contributed by atoms with Crippen LogP contribution in [-0.2, 0) is 6.42 Å². The summed E-state index contributed by atoms with van der Waals surface area (Å²) in [5.41, 5.74) is 1.90. The molecule has 1 aliphatic rings. The fourth-order valence-corrected chi connectivity index (χ4v) is 2.11. The normalized spacial score (nSPS) is 17.1. The number of aromatic nitrogens is 3. The Morgan fingerprint density at radius 2 is 2.21 bits per heavy atom. The van der Waals surface area contributed by atoms with E-state index in [0.717, 1.165) is 11.4 Å². The molecule has 1 aromatic rings. The molecule has 0 atom stereocenters. The fraction of sp³-hybridized carbons (Fsp3) is 0.700. The van der Waals surface area contributed by atoms with Crippen molar-refractivity contribution < 1.29 is 0 Å². The third-order valence-electron chi connectivity index (χ3n) is 2.94. The molecule has 4 nitrogen and oxygen atoms in total. The summed E-state index contributed by atoms with van der Waals surface area (Å²) in [7, 11) is 0. The minimum absolute atomic E-state index is 0.374. The van der Waals surface area contributed by atoms with Crippen molar-refractivity contribution in [2.24, 2.45) is 0 Å². The third kappa shape index (κ3) is 1.50. The molecule has 1 saturated carbocycles. The van der Waals surface area contributed by atoms with Crippen molar-refractivity contribution in [1.82, 2.24) is 15.0 Å². The Hall–Kier alpha value is -1.37. The molecule has 0 radical (unpaired) electrons. The SMILES string of the molecule is Cc1c(CC#N)nnn1C1CCCC1.